The third kappa shape index (κ3) is 2.22. The summed E-state index contributed by atoms with van der Waals surface area (Å²) in [5.74, 6) is -0.427. The van der Waals surface area contributed by atoms with E-state index in [1.807, 2.05) is 0 Å². The van der Waals surface area contributed by atoms with Gasteiger partial charge in [-0.15, -0.1) is 0 Å². The van der Waals surface area contributed by atoms with Crippen LogP contribution in [0.2, 0.25) is 0 Å². The second-order valence-corrected chi connectivity index (χ2v) is 5.73. The van der Waals surface area contributed by atoms with Crippen molar-refractivity contribution in [1.82, 2.24) is 0 Å². The Hall–Kier alpha value is -1.88. The molecular formula is C13H12O4S. The Morgan fingerprint density at radius 3 is 2.50 bits per heavy atom. The third-order valence-corrected chi connectivity index (χ3v) is 4.39. The van der Waals surface area contributed by atoms with E-state index in [2.05, 4.69) is 0 Å². The quantitative estimate of drug-likeness (QED) is 0.785. The minimum atomic E-state index is -3.66. The predicted octanol–water partition coefficient (Wildman–Crippen LogP) is 2.19. The number of allylic oxidation sites excluding steroid dienone is 2. The normalized spacial score (nSPS) is 16.4. The van der Waals surface area contributed by atoms with Crippen molar-refractivity contribution in [3.63, 3.8) is 0 Å². The molecule has 0 aromatic heterocycles. The molecule has 0 fully saturated rings. The second kappa shape index (κ2) is 4.78. The molecule has 1 aromatic rings. The molecule has 0 saturated carbocycles. The van der Waals surface area contributed by atoms with Crippen molar-refractivity contribution in [3.05, 3.63) is 53.1 Å². The van der Waals surface area contributed by atoms with Crippen LogP contribution in [0.4, 0.5) is 0 Å². The van der Waals surface area contributed by atoms with E-state index >= 15 is 0 Å². The van der Waals surface area contributed by atoms with Gasteiger partial charge in [0.1, 0.15) is 10.7 Å². The first-order valence-electron chi connectivity index (χ1n) is 5.42. The molecule has 0 radical (unpaired) electrons. The lowest BCUT2D eigenvalue weighted by Gasteiger charge is -2.04. The molecule has 0 bridgehead atoms. The van der Waals surface area contributed by atoms with Gasteiger partial charge in [-0.2, -0.15) is 0 Å². The van der Waals surface area contributed by atoms with Crippen LogP contribution in [-0.2, 0) is 19.4 Å². The first-order chi connectivity index (χ1) is 8.55. The zero-order valence-corrected chi connectivity index (χ0v) is 10.6. The second-order valence-electron chi connectivity index (χ2n) is 3.75. The maximum Gasteiger partial charge on any atom is 0.316 e. The highest BCUT2D eigenvalue weighted by Gasteiger charge is 2.32. The number of esters is 1. The fraction of sp³-hybridized carbons (Fsp3) is 0.154. The van der Waals surface area contributed by atoms with Crippen LogP contribution in [0.1, 0.15) is 13.3 Å². The van der Waals surface area contributed by atoms with Gasteiger partial charge in [0.2, 0.25) is 9.84 Å². The van der Waals surface area contributed by atoms with Crippen LogP contribution in [0.15, 0.2) is 58.0 Å². The minimum Gasteiger partial charge on any atom is -0.425 e. The van der Waals surface area contributed by atoms with Crippen molar-refractivity contribution < 1.29 is 17.9 Å². The van der Waals surface area contributed by atoms with Crippen LogP contribution in [0.25, 0.3) is 0 Å². The number of ether oxygens (including phenoxy) is 1. The van der Waals surface area contributed by atoms with Crippen molar-refractivity contribution in [2.75, 3.05) is 0 Å². The van der Waals surface area contributed by atoms with Gasteiger partial charge in [0.15, 0.2) is 0 Å². The molecule has 0 saturated heterocycles. The predicted molar refractivity (Wildman–Crippen MR) is 66.2 cm³/mol. The van der Waals surface area contributed by atoms with Gasteiger partial charge in [0.05, 0.1) is 11.3 Å². The number of hydrogen-bond acceptors (Lipinski definition) is 4. The highest BCUT2D eigenvalue weighted by atomic mass is 32.2. The maximum atomic E-state index is 12.3. The fourth-order valence-corrected chi connectivity index (χ4v) is 3.16. The molecule has 2 rings (SSSR count). The van der Waals surface area contributed by atoms with Gasteiger partial charge in [0.25, 0.3) is 0 Å². The maximum absolute atomic E-state index is 12.3. The SMILES string of the molecule is C/C=C/C1=C(S(=O)(=O)c2ccccc2)CC(=O)O1. The number of carbonyl (C=O) groups excluding carboxylic acids is 1. The lowest BCUT2D eigenvalue weighted by molar-refractivity contribution is -0.136. The number of hydrogen-bond donors (Lipinski definition) is 0. The van der Waals surface area contributed by atoms with E-state index in [1.165, 1.54) is 18.2 Å². The molecule has 1 aliphatic rings. The smallest absolute Gasteiger partial charge is 0.316 e. The van der Waals surface area contributed by atoms with Crippen LogP contribution in [0.5, 0.6) is 0 Å². The average molecular weight is 264 g/mol. The number of cyclic esters (lactones) is 1. The molecule has 0 atom stereocenters. The minimum absolute atomic E-state index is 0.0248. The summed E-state index contributed by atoms with van der Waals surface area (Å²) in [5.41, 5.74) is 0. The number of rotatable bonds is 3. The van der Waals surface area contributed by atoms with E-state index in [0.717, 1.165) is 0 Å². The first kappa shape index (κ1) is 12.6. The average Bonchev–Trinajstić information content (AvgIpc) is 2.73. The molecule has 18 heavy (non-hydrogen) atoms. The zero-order chi connectivity index (χ0) is 13.2. The van der Waals surface area contributed by atoms with Gasteiger partial charge in [0, 0.05) is 0 Å². The molecule has 5 heteroatoms. The van der Waals surface area contributed by atoms with Crippen molar-refractivity contribution >= 4 is 15.8 Å². The summed E-state index contributed by atoms with van der Waals surface area (Å²) in [6.07, 6.45) is 2.91. The summed E-state index contributed by atoms with van der Waals surface area (Å²) in [5, 5.41) is 0. The summed E-state index contributed by atoms with van der Waals surface area (Å²) in [6, 6.07) is 8.01. The molecule has 1 aromatic carbocycles. The molecule has 0 amide bonds. The van der Waals surface area contributed by atoms with Crippen molar-refractivity contribution in [2.24, 2.45) is 0 Å². The molecular weight excluding hydrogens is 252 g/mol. The van der Waals surface area contributed by atoms with E-state index in [-0.39, 0.29) is 22.0 Å². The number of carbonyl (C=O) groups is 1. The molecule has 0 N–H and O–H groups in total. The van der Waals surface area contributed by atoms with E-state index in [1.54, 1.807) is 31.2 Å². The van der Waals surface area contributed by atoms with Gasteiger partial charge in [-0.05, 0) is 25.1 Å². The van der Waals surface area contributed by atoms with Crippen molar-refractivity contribution in [1.29, 1.82) is 0 Å². The van der Waals surface area contributed by atoms with E-state index in [4.69, 9.17) is 4.74 Å². The van der Waals surface area contributed by atoms with Crippen LogP contribution < -0.4 is 0 Å². The number of benzene rings is 1. The third-order valence-electron chi connectivity index (χ3n) is 2.50. The van der Waals surface area contributed by atoms with Crippen molar-refractivity contribution in [3.8, 4) is 0 Å². The first-order valence-corrected chi connectivity index (χ1v) is 6.90. The van der Waals surface area contributed by atoms with Gasteiger partial charge >= 0.3 is 5.97 Å². The summed E-state index contributed by atoms with van der Waals surface area (Å²) in [7, 11) is -3.66. The summed E-state index contributed by atoms with van der Waals surface area (Å²) in [6.45, 7) is 1.73. The number of sulfone groups is 1. The van der Waals surface area contributed by atoms with Crippen LogP contribution >= 0.6 is 0 Å². The van der Waals surface area contributed by atoms with Crippen LogP contribution in [0.3, 0.4) is 0 Å². The Morgan fingerprint density at radius 1 is 1.22 bits per heavy atom. The van der Waals surface area contributed by atoms with E-state index in [9.17, 15) is 13.2 Å². The summed E-state index contributed by atoms with van der Waals surface area (Å²) in [4.78, 5) is 11.4. The van der Waals surface area contributed by atoms with Gasteiger partial charge in [-0.25, -0.2) is 8.42 Å². The van der Waals surface area contributed by atoms with E-state index in [0.29, 0.717) is 0 Å². The van der Waals surface area contributed by atoms with Crippen molar-refractivity contribution in [2.45, 2.75) is 18.2 Å². The standard InChI is InChI=1S/C13H12O4S/c1-2-6-11-12(9-13(14)17-11)18(15,16)10-7-4-3-5-8-10/h2-8H,9H2,1H3/b6-2+. The molecule has 0 spiro atoms. The van der Waals surface area contributed by atoms with Crippen LogP contribution in [0, 0.1) is 0 Å². The molecule has 0 unspecified atom stereocenters. The largest absolute Gasteiger partial charge is 0.425 e. The Kier molecular flexibility index (Phi) is 3.34. The Morgan fingerprint density at radius 2 is 1.89 bits per heavy atom. The summed E-state index contributed by atoms with van der Waals surface area (Å²) < 4.78 is 29.6. The fourth-order valence-electron chi connectivity index (χ4n) is 1.68. The lowest BCUT2D eigenvalue weighted by atomic mass is 10.3. The van der Waals surface area contributed by atoms with Crippen LogP contribution in [-0.4, -0.2) is 14.4 Å². The van der Waals surface area contributed by atoms with Gasteiger partial charge < -0.3 is 4.74 Å². The Bertz CT molecular complexity index is 624. The molecule has 1 heterocycles. The summed E-state index contributed by atoms with van der Waals surface area (Å²) >= 11 is 0. The molecule has 94 valence electrons. The van der Waals surface area contributed by atoms with Gasteiger partial charge in [-0.3, -0.25) is 4.79 Å². The highest BCUT2D eigenvalue weighted by molar-refractivity contribution is 7.95. The van der Waals surface area contributed by atoms with E-state index < -0.39 is 15.8 Å². The Balaban J connectivity index is 2.54. The molecule has 1 aliphatic heterocycles. The molecule has 4 nitrogen and oxygen atoms in total. The zero-order valence-electron chi connectivity index (χ0n) is 9.79. The Labute approximate surface area is 106 Å². The monoisotopic (exact) mass is 264 g/mol. The highest BCUT2D eigenvalue weighted by Crippen LogP contribution is 2.30. The van der Waals surface area contributed by atoms with Gasteiger partial charge in [-0.1, -0.05) is 24.3 Å². The lowest BCUT2D eigenvalue weighted by Crippen LogP contribution is -2.05. The molecule has 0 aliphatic carbocycles. The topological polar surface area (TPSA) is 60.4 Å².